The van der Waals surface area contributed by atoms with E-state index in [-0.39, 0.29) is 11.9 Å². The van der Waals surface area contributed by atoms with E-state index in [1.54, 1.807) is 19.1 Å². The molecule has 4 heteroatoms. The van der Waals surface area contributed by atoms with Gasteiger partial charge in [0.25, 0.3) is 0 Å². The predicted octanol–water partition coefficient (Wildman–Crippen LogP) is 2.60. The van der Waals surface area contributed by atoms with E-state index in [1.165, 1.54) is 19.2 Å². The van der Waals surface area contributed by atoms with Gasteiger partial charge in [-0.15, -0.1) is 0 Å². The van der Waals surface area contributed by atoms with E-state index in [9.17, 15) is 9.18 Å². The highest BCUT2D eigenvalue weighted by atomic mass is 19.1. The van der Waals surface area contributed by atoms with E-state index >= 15 is 0 Å². The average molecular weight is 253 g/mol. The van der Waals surface area contributed by atoms with E-state index in [0.717, 1.165) is 6.42 Å². The van der Waals surface area contributed by atoms with Crippen molar-refractivity contribution < 1.29 is 13.9 Å². The lowest BCUT2D eigenvalue weighted by molar-refractivity contribution is -0.148. The molecule has 1 aromatic carbocycles. The maximum absolute atomic E-state index is 13.3. The predicted molar refractivity (Wildman–Crippen MR) is 68.7 cm³/mol. The first-order valence-electron chi connectivity index (χ1n) is 6.06. The second kappa shape index (κ2) is 5.96. The molecule has 1 aromatic rings. The molecule has 2 atom stereocenters. The summed E-state index contributed by atoms with van der Waals surface area (Å²) in [6.07, 6.45) is 0.863. The van der Waals surface area contributed by atoms with Crippen molar-refractivity contribution in [3.8, 4) is 0 Å². The number of hydrogen-bond donors (Lipinski definition) is 1. The molecule has 0 heterocycles. The normalized spacial score (nSPS) is 15.8. The second-order valence-electron chi connectivity index (χ2n) is 4.58. The van der Waals surface area contributed by atoms with Crippen LogP contribution in [-0.2, 0) is 15.1 Å². The maximum atomic E-state index is 13.3. The molecular formula is C14H20FNO2. The number of rotatable bonds is 5. The topological polar surface area (TPSA) is 38.3 Å². The number of nitrogens with one attached hydrogen (secondary N) is 1. The first-order chi connectivity index (χ1) is 8.43. The zero-order chi connectivity index (χ0) is 13.8. The molecule has 0 fully saturated rings. The van der Waals surface area contributed by atoms with Crippen LogP contribution in [0.15, 0.2) is 24.3 Å². The molecule has 100 valence electrons. The van der Waals surface area contributed by atoms with Crippen LogP contribution in [0.1, 0.15) is 32.8 Å². The minimum atomic E-state index is -1.04. The van der Waals surface area contributed by atoms with Gasteiger partial charge in [-0.3, -0.25) is 5.32 Å². The molecular weight excluding hydrogens is 233 g/mol. The highest BCUT2D eigenvalue weighted by molar-refractivity contribution is 5.82. The molecule has 1 rings (SSSR count). The zero-order valence-corrected chi connectivity index (χ0v) is 11.3. The molecule has 0 aliphatic heterocycles. The van der Waals surface area contributed by atoms with E-state index in [4.69, 9.17) is 4.74 Å². The fourth-order valence-electron chi connectivity index (χ4n) is 1.86. The number of carbonyl (C=O) groups excluding carboxylic acids is 1. The van der Waals surface area contributed by atoms with Crippen LogP contribution in [-0.4, -0.2) is 19.1 Å². The molecule has 3 nitrogen and oxygen atoms in total. The minimum Gasteiger partial charge on any atom is -0.467 e. The minimum absolute atomic E-state index is 0.123. The molecule has 0 aliphatic rings. The Morgan fingerprint density at radius 3 is 2.72 bits per heavy atom. The van der Waals surface area contributed by atoms with Crippen LogP contribution in [0.3, 0.4) is 0 Å². The highest BCUT2D eigenvalue weighted by Crippen LogP contribution is 2.24. The Morgan fingerprint density at radius 1 is 1.56 bits per heavy atom. The fraction of sp³-hybridized carbons (Fsp3) is 0.500. The van der Waals surface area contributed by atoms with Gasteiger partial charge in [-0.1, -0.05) is 19.1 Å². The van der Waals surface area contributed by atoms with E-state index in [1.807, 2.05) is 13.8 Å². The molecule has 0 aliphatic carbocycles. The Kier molecular flexibility index (Phi) is 4.84. The largest absolute Gasteiger partial charge is 0.467 e. The van der Waals surface area contributed by atoms with Gasteiger partial charge in [-0.2, -0.15) is 0 Å². The Labute approximate surface area is 107 Å². The molecule has 0 aromatic heterocycles. The molecule has 0 saturated carbocycles. The van der Waals surface area contributed by atoms with Crippen LogP contribution in [0.5, 0.6) is 0 Å². The van der Waals surface area contributed by atoms with Crippen molar-refractivity contribution >= 4 is 5.97 Å². The Hall–Kier alpha value is -1.42. The van der Waals surface area contributed by atoms with Gasteiger partial charge in [-0.05, 0) is 38.0 Å². The molecule has 1 N–H and O–H groups in total. The summed E-state index contributed by atoms with van der Waals surface area (Å²) in [6.45, 7) is 5.70. The summed E-state index contributed by atoms with van der Waals surface area (Å²) in [5, 5.41) is 3.20. The van der Waals surface area contributed by atoms with E-state index < -0.39 is 11.5 Å². The molecule has 0 saturated heterocycles. The van der Waals surface area contributed by atoms with E-state index in [0.29, 0.717) is 5.56 Å². The number of esters is 1. The van der Waals surface area contributed by atoms with Crippen LogP contribution in [0, 0.1) is 5.82 Å². The van der Waals surface area contributed by atoms with Crippen LogP contribution < -0.4 is 5.32 Å². The van der Waals surface area contributed by atoms with Gasteiger partial charge in [0.15, 0.2) is 0 Å². The van der Waals surface area contributed by atoms with Crippen molar-refractivity contribution in [2.45, 2.75) is 38.8 Å². The summed E-state index contributed by atoms with van der Waals surface area (Å²) in [5.74, 6) is -0.790. The average Bonchev–Trinajstić information content (AvgIpc) is 2.37. The van der Waals surface area contributed by atoms with Crippen LogP contribution in [0.4, 0.5) is 4.39 Å². The lowest BCUT2D eigenvalue weighted by Gasteiger charge is -2.31. The summed E-state index contributed by atoms with van der Waals surface area (Å²) in [6, 6.07) is 6.13. The van der Waals surface area contributed by atoms with Crippen molar-refractivity contribution in [3.63, 3.8) is 0 Å². The SMILES string of the molecule is CCC(C)NC(C)(C(=O)OC)c1cccc(F)c1. The third kappa shape index (κ3) is 3.07. The molecule has 2 unspecified atom stereocenters. The summed E-state index contributed by atoms with van der Waals surface area (Å²) in [4.78, 5) is 12.0. The number of halogens is 1. The smallest absolute Gasteiger partial charge is 0.330 e. The first-order valence-corrected chi connectivity index (χ1v) is 6.06. The molecule has 0 radical (unpaired) electrons. The van der Waals surface area contributed by atoms with Gasteiger partial charge in [0.2, 0.25) is 0 Å². The van der Waals surface area contributed by atoms with E-state index in [2.05, 4.69) is 5.32 Å². The van der Waals surface area contributed by atoms with Gasteiger partial charge in [0.1, 0.15) is 11.4 Å². The van der Waals surface area contributed by atoms with Crippen molar-refractivity contribution in [1.82, 2.24) is 5.32 Å². The van der Waals surface area contributed by atoms with Gasteiger partial charge in [-0.25, -0.2) is 9.18 Å². The second-order valence-corrected chi connectivity index (χ2v) is 4.58. The third-order valence-electron chi connectivity index (χ3n) is 3.14. The zero-order valence-electron chi connectivity index (χ0n) is 11.3. The van der Waals surface area contributed by atoms with Gasteiger partial charge in [0.05, 0.1) is 7.11 Å². The van der Waals surface area contributed by atoms with Crippen LogP contribution >= 0.6 is 0 Å². The Bertz CT molecular complexity index is 422. The molecule has 0 spiro atoms. The first kappa shape index (κ1) is 14.6. The number of hydrogen-bond acceptors (Lipinski definition) is 3. The third-order valence-corrected chi connectivity index (χ3v) is 3.14. The summed E-state index contributed by atoms with van der Waals surface area (Å²) >= 11 is 0. The van der Waals surface area contributed by atoms with Crippen molar-refractivity contribution in [2.24, 2.45) is 0 Å². The summed E-state index contributed by atoms with van der Waals surface area (Å²) in [7, 11) is 1.33. The fourth-order valence-corrected chi connectivity index (χ4v) is 1.86. The van der Waals surface area contributed by atoms with Crippen molar-refractivity contribution in [3.05, 3.63) is 35.6 Å². The lowest BCUT2D eigenvalue weighted by Crippen LogP contribution is -2.51. The molecule has 18 heavy (non-hydrogen) atoms. The van der Waals surface area contributed by atoms with Crippen LogP contribution in [0.2, 0.25) is 0 Å². The molecule has 0 bridgehead atoms. The Balaban J connectivity index is 3.15. The molecule has 0 amide bonds. The number of carbonyl (C=O) groups is 1. The van der Waals surface area contributed by atoms with Crippen LogP contribution in [0.25, 0.3) is 0 Å². The lowest BCUT2D eigenvalue weighted by atomic mass is 9.90. The quantitative estimate of drug-likeness (QED) is 0.820. The van der Waals surface area contributed by atoms with Crippen molar-refractivity contribution in [2.75, 3.05) is 7.11 Å². The Morgan fingerprint density at radius 2 is 2.22 bits per heavy atom. The summed E-state index contributed by atoms with van der Waals surface area (Å²) in [5.41, 5.74) is -0.471. The number of ether oxygens (including phenoxy) is 1. The number of methoxy groups -OCH3 is 1. The van der Waals surface area contributed by atoms with Crippen molar-refractivity contribution in [1.29, 1.82) is 0 Å². The monoisotopic (exact) mass is 253 g/mol. The van der Waals surface area contributed by atoms with Gasteiger partial charge >= 0.3 is 5.97 Å². The standard InChI is InChI=1S/C14H20FNO2/c1-5-10(2)16-14(3,13(17)18-4)11-7-6-8-12(15)9-11/h6-10,16H,5H2,1-4H3. The number of benzene rings is 1. The maximum Gasteiger partial charge on any atom is 0.330 e. The summed E-state index contributed by atoms with van der Waals surface area (Å²) < 4.78 is 18.1. The van der Waals surface area contributed by atoms with Gasteiger partial charge < -0.3 is 4.74 Å². The van der Waals surface area contributed by atoms with Gasteiger partial charge in [0, 0.05) is 6.04 Å². The highest BCUT2D eigenvalue weighted by Gasteiger charge is 2.37.